The van der Waals surface area contributed by atoms with Crippen LogP contribution in [0, 0.1) is 0 Å². The van der Waals surface area contributed by atoms with Gasteiger partial charge in [-0.15, -0.1) is 0 Å². The minimum absolute atomic E-state index is 0.0277. The molecule has 1 aliphatic heterocycles. The Labute approximate surface area is 309 Å². The van der Waals surface area contributed by atoms with Crippen LogP contribution in [0.3, 0.4) is 0 Å². The third-order valence-corrected chi connectivity index (χ3v) is 10.0. The van der Waals surface area contributed by atoms with E-state index in [9.17, 15) is 25.2 Å². The molecule has 53 heavy (non-hydrogen) atoms. The van der Waals surface area contributed by atoms with Gasteiger partial charge in [0.1, 0.15) is 17.2 Å². The van der Waals surface area contributed by atoms with Crippen molar-refractivity contribution in [1.29, 1.82) is 0 Å². The molecule has 5 aromatic rings. The Hall–Kier alpha value is -5.20. The van der Waals surface area contributed by atoms with Crippen LogP contribution in [0.4, 0.5) is 0 Å². The van der Waals surface area contributed by atoms with Gasteiger partial charge in [-0.1, -0.05) is 60.7 Å². The number of rotatable bonds is 15. The van der Waals surface area contributed by atoms with Crippen molar-refractivity contribution in [1.82, 2.24) is 15.2 Å². The first-order valence-electron chi connectivity index (χ1n) is 18.0. The topological polar surface area (TPSA) is 176 Å². The molecule has 6 rings (SSSR count). The van der Waals surface area contributed by atoms with E-state index in [1.165, 1.54) is 23.3 Å². The van der Waals surface area contributed by atoms with Gasteiger partial charge in [-0.05, 0) is 104 Å². The van der Waals surface area contributed by atoms with Crippen LogP contribution in [-0.4, -0.2) is 87.8 Å². The van der Waals surface area contributed by atoms with Crippen LogP contribution in [0.15, 0.2) is 102 Å². The zero-order chi connectivity index (χ0) is 37.6. The van der Waals surface area contributed by atoms with Crippen molar-refractivity contribution in [2.45, 2.75) is 43.6 Å². The van der Waals surface area contributed by atoms with Crippen molar-refractivity contribution < 1.29 is 35.1 Å². The summed E-state index contributed by atoms with van der Waals surface area (Å²) >= 11 is 0. The van der Waals surface area contributed by atoms with Crippen molar-refractivity contribution >= 4 is 17.4 Å². The number of H-pyrrole nitrogens is 1. The summed E-state index contributed by atoms with van der Waals surface area (Å²) < 4.78 is 6.07. The standard InChI is InChI=1S/C41H47N3O6.CH2O2/c45-25-24-44-22-19-41(20-23-44,31-6-2-1-3-7-31)35-27-30(10-15-36(35)46)5-4-26-50-32-11-8-29(9-12-32)18-21-42-28-38(48)33-13-16-37(47)40-34(33)14-17-39(49)43-40;2-1-3/h1-3,6-17,27,38,42,45-48H,4-5,18-26,28H2,(H,43,49);1H,(H,2,3)/t38-;/m0./s1. The van der Waals surface area contributed by atoms with E-state index in [4.69, 9.17) is 14.6 Å². The van der Waals surface area contributed by atoms with E-state index in [1.807, 2.05) is 30.3 Å². The largest absolute Gasteiger partial charge is 0.508 e. The zero-order valence-electron chi connectivity index (χ0n) is 29.8. The van der Waals surface area contributed by atoms with Crippen molar-refractivity contribution in [3.63, 3.8) is 0 Å². The zero-order valence-corrected chi connectivity index (χ0v) is 29.8. The molecule has 0 amide bonds. The number of aromatic amines is 1. The van der Waals surface area contributed by atoms with Crippen LogP contribution in [0.2, 0.25) is 0 Å². The molecule has 0 spiro atoms. The van der Waals surface area contributed by atoms with Crippen LogP contribution >= 0.6 is 0 Å². The Morgan fingerprint density at radius 2 is 1.58 bits per heavy atom. The number of carbonyl (C=O) groups is 1. The van der Waals surface area contributed by atoms with Crippen molar-refractivity contribution in [3.05, 3.63) is 135 Å². The molecular weight excluding hydrogens is 674 g/mol. The van der Waals surface area contributed by atoms with Gasteiger partial charge in [0, 0.05) is 35.5 Å². The van der Waals surface area contributed by atoms with E-state index in [1.54, 1.807) is 12.1 Å². The lowest BCUT2D eigenvalue weighted by Gasteiger charge is -2.43. The number of phenols is 2. The number of aliphatic hydroxyl groups is 2. The minimum atomic E-state index is -0.798. The van der Waals surface area contributed by atoms with Gasteiger partial charge in [-0.25, -0.2) is 0 Å². The summed E-state index contributed by atoms with van der Waals surface area (Å²) in [6.07, 6.45) is 3.42. The molecule has 0 bridgehead atoms. The van der Waals surface area contributed by atoms with Gasteiger partial charge >= 0.3 is 0 Å². The Morgan fingerprint density at radius 3 is 2.30 bits per heavy atom. The summed E-state index contributed by atoms with van der Waals surface area (Å²) in [5, 5.41) is 52.2. The van der Waals surface area contributed by atoms with Gasteiger partial charge in [-0.3, -0.25) is 9.59 Å². The second-order valence-electron chi connectivity index (χ2n) is 13.3. The summed E-state index contributed by atoms with van der Waals surface area (Å²) in [6, 6.07) is 30.8. The number of aromatic nitrogens is 1. The number of hydrogen-bond donors (Lipinski definition) is 7. The fourth-order valence-electron chi connectivity index (χ4n) is 7.24. The minimum Gasteiger partial charge on any atom is -0.508 e. The third kappa shape index (κ3) is 10.0. The number of piperidine rings is 1. The maximum absolute atomic E-state index is 11.7. The Kier molecular flexibility index (Phi) is 14.0. The summed E-state index contributed by atoms with van der Waals surface area (Å²) in [5.41, 5.74) is 4.91. The number of pyridine rings is 1. The fraction of sp³-hybridized carbons (Fsp3) is 0.333. The van der Waals surface area contributed by atoms with Crippen molar-refractivity contribution in [3.8, 4) is 17.2 Å². The van der Waals surface area contributed by atoms with Crippen molar-refractivity contribution in [2.24, 2.45) is 0 Å². The predicted octanol–water partition coefficient (Wildman–Crippen LogP) is 4.89. The number of hydrogen-bond acceptors (Lipinski definition) is 9. The number of nitrogens with zero attached hydrogens (tertiary/aromatic N) is 1. The van der Waals surface area contributed by atoms with E-state index in [2.05, 4.69) is 57.7 Å². The van der Waals surface area contributed by atoms with E-state index >= 15 is 0 Å². The predicted molar refractivity (Wildman–Crippen MR) is 205 cm³/mol. The number of phenolic OH excluding ortho intramolecular Hbond substituents is 2. The second kappa shape index (κ2) is 19.0. The Morgan fingerprint density at radius 1 is 0.887 bits per heavy atom. The number of aryl methyl sites for hydroxylation is 1. The fourth-order valence-corrected chi connectivity index (χ4v) is 7.24. The number of benzene rings is 4. The summed E-state index contributed by atoms with van der Waals surface area (Å²) in [7, 11) is 0. The normalized spacial score (nSPS) is 14.6. The number of aliphatic hydroxyl groups excluding tert-OH is 2. The Bertz CT molecular complexity index is 1960. The van der Waals surface area contributed by atoms with Crippen LogP contribution in [0.25, 0.3) is 10.9 Å². The summed E-state index contributed by atoms with van der Waals surface area (Å²) in [5.74, 6) is 1.12. The highest BCUT2D eigenvalue weighted by Crippen LogP contribution is 2.45. The quantitative estimate of drug-likeness (QED) is 0.0582. The highest BCUT2D eigenvalue weighted by Gasteiger charge is 2.39. The maximum atomic E-state index is 11.7. The van der Waals surface area contributed by atoms with E-state index in [0.717, 1.165) is 62.1 Å². The molecule has 7 N–H and O–H groups in total. The summed E-state index contributed by atoms with van der Waals surface area (Å²) in [4.78, 5) is 25.0. The molecule has 1 aromatic heterocycles. The number of fused-ring (bicyclic) bond motifs is 1. The molecule has 4 aromatic carbocycles. The van der Waals surface area contributed by atoms with Gasteiger partial charge in [0.25, 0.3) is 6.47 Å². The number of carboxylic acid groups (broad SMARTS) is 1. The van der Waals surface area contributed by atoms with Crippen LogP contribution in [0.1, 0.15) is 53.2 Å². The molecule has 0 radical (unpaired) electrons. The molecule has 1 saturated heterocycles. The third-order valence-electron chi connectivity index (χ3n) is 10.0. The average molecular weight is 724 g/mol. The van der Waals surface area contributed by atoms with E-state index in [0.29, 0.717) is 48.5 Å². The SMILES string of the molecule is O=CO.O=c1ccc2c([C@@H](O)CNCCc3ccc(OCCCc4ccc(O)c(C5(c6ccccc6)CCN(CCO)CC5)c4)cc3)ccc(O)c2[nH]1. The molecule has 0 unspecified atom stereocenters. The molecule has 1 fully saturated rings. The lowest BCUT2D eigenvalue weighted by atomic mass is 9.67. The van der Waals surface area contributed by atoms with Gasteiger partial charge in [0.2, 0.25) is 5.56 Å². The van der Waals surface area contributed by atoms with Gasteiger partial charge < -0.3 is 45.5 Å². The van der Waals surface area contributed by atoms with Gasteiger partial charge in [-0.2, -0.15) is 0 Å². The summed E-state index contributed by atoms with van der Waals surface area (Å²) in [6.45, 7) is 3.90. The first kappa shape index (κ1) is 39.0. The van der Waals surface area contributed by atoms with Crippen LogP contribution in [-0.2, 0) is 23.1 Å². The molecule has 11 heteroatoms. The van der Waals surface area contributed by atoms with Crippen LogP contribution in [0.5, 0.6) is 17.2 Å². The molecule has 11 nitrogen and oxygen atoms in total. The highest BCUT2D eigenvalue weighted by atomic mass is 16.5. The van der Waals surface area contributed by atoms with Gasteiger partial charge in [0.05, 0.1) is 24.8 Å². The number of β-amino-alcohol motifs (C(OH)–C–C–N with tert-alkyl or cyclic N) is 1. The molecule has 0 saturated carbocycles. The first-order valence-corrected chi connectivity index (χ1v) is 18.0. The van der Waals surface area contributed by atoms with E-state index < -0.39 is 6.10 Å². The maximum Gasteiger partial charge on any atom is 0.290 e. The number of ether oxygens (including phenoxy) is 1. The lowest BCUT2D eigenvalue weighted by molar-refractivity contribution is -0.122. The van der Waals surface area contributed by atoms with Crippen molar-refractivity contribution in [2.75, 3.05) is 45.9 Å². The van der Waals surface area contributed by atoms with Crippen LogP contribution < -0.4 is 15.6 Å². The number of likely N-dealkylation sites (tertiary alicyclic amines) is 1. The van der Waals surface area contributed by atoms with E-state index in [-0.39, 0.29) is 29.8 Å². The molecule has 280 valence electrons. The number of nitrogens with one attached hydrogen (secondary N) is 2. The smallest absolute Gasteiger partial charge is 0.290 e. The number of aromatic hydroxyl groups is 2. The highest BCUT2D eigenvalue weighted by molar-refractivity contribution is 5.87. The first-order chi connectivity index (χ1) is 25.8. The second-order valence-corrected chi connectivity index (χ2v) is 13.3. The lowest BCUT2D eigenvalue weighted by Crippen LogP contribution is -2.44. The Balaban J connectivity index is 0.00000175. The van der Waals surface area contributed by atoms with Gasteiger partial charge in [0.15, 0.2) is 0 Å². The molecule has 2 heterocycles. The monoisotopic (exact) mass is 723 g/mol. The molecular formula is C42H49N3O8. The molecule has 1 atom stereocenters. The average Bonchev–Trinajstić information content (AvgIpc) is 3.18. The molecule has 0 aliphatic carbocycles. The molecule has 1 aliphatic rings.